The summed E-state index contributed by atoms with van der Waals surface area (Å²) in [7, 11) is 1.57. The first-order chi connectivity index (χ1) is 14.0. The third-order valence-corrected chi connectivity index (χ3v) is 6.31. The van der Waals surface area contributed by atoms with E-state index >= 15 is 0 Å². The number of carbonyl (C=O) groups excluding carboxylic acids is 1. The van der Waals surface area contributed by atoms with Gasteiger partial charge in [-0.25, -0.2) is 9.37 Å². The number of amides is 1. The Morgan fingerprint density at radius 1 is 1.13 bits per heavy atom. The van der Waals surface area contributed by atoms with Crippen molar-refractivity contribution in [3.05, 3.63) is 52.8 Å². The van der Waals surface area contributed by atoms with Crippen LogP contribution in [0.1, 0.15) is 24.2 Å². The SMILES string of the molecule is CCN(CC)CCN(C(=O)c1ccc(F)cc1)c1nc2c(OC)ccc(Cl)c2s1.Cl. The van der Waals surface area contributed by atoms with Gasteiger partial charge >= 0.3 is 0 Å². The number of fused-ring (bicyclic) bond motifs is 1. The van der Waals surface area contributed by atoms with E-state index in [9.17, 15) is 9.18 Å². The Balaban J connectivity index is 0.00000320. The molecule has 3 aromatic rings. The minimum absolute atomic E-state index is 0. The lowest BCUT2D eigenvalue weighted by Gasteiger charge is -2.24. The van der Waals surface area contributed by atoms with Crippen molar-refractivity contribution >= 4 is 56.6 Å². The molecule has 0 aliphatic carbocycles. The van der Waals surface area contributed by atoms with Crippen LogP contribution in [-0.2, 0) is 0 Å². The van der Waals surface area contributed by atoms with E-state index in [0.29, 0.717) is 40.1 Å². The zero-order chi connectivity index (χ0) is 21.0. The number of aromatic nitrogens is 1. The maximum atomic E-state index is 13.3. The van der Waals surface area contributed by atoms with Crippen LogP contribution in [0.3, 0.4) is 0 Å². The molecule has 30 heavy (non-hydrogen) atoms. The van der Waals surface area contributed by atoms with Crippen LogP contribution in [0, 0.1) is 5.82 Å². The molecule has 5 nitrogen and oxygen atoms in total. The van der Waals surface area contributed by atoms with Gasteiger partial charge in [-0.3, -0.25) is 9.69 Å². The van der Waals surface area contributed by atoms with Crippen LogP contribution in [0.25, 0.3) is 10.2 Å². The number of hydrogen-bond acceptors (Lipinski definition) is 5. The quantitative estimate of drug-likeness (QED) is 0.434. The summed E-state index contributed by atoms with van der Waals surface area (Å²) < 4.78 is 19.5. The van der Waals surface area contributed by atoms with Gasteiger partial charge in [-0.2, -0.15) is 0 Å². The summed E-state index contributed by atoms with van der Waals surface area (Å²) in [5.74, 6) is -0.0103. The summed E-state index contributed by atoms with van der Waals surface area (Å²) in [6, 6.07) is 9.07. The second-order valence-electron chi connectivity index (χ2n) is 6.41. The Kier molecular flexibility index (Phi) is 8.85. The Hall–Kier alpha value is -1.93. The Bertz CT molecular complexity index is 994. The Labute approximate surface area is 190 Å². The normalized spacial score (nSPS) is 10.9. The highest BCUT2D eigenvalue weighted by Crippen LogP contribution is 2.39. The number of nitrogens with zero attached hydrogens (tertiary/aromatic N) is 3. The molecule has 162 valence electrons. The number of likely N-dealkylation sites (N-methyl/N-ethyl adjacent to an activating group) is 1. The fourth-order valence-corrected chi connectivity index (χ4v) is 4.32. The number of carbonyl (C=O) groups is 1. The molecule has 0 atom stereocenters. The number of anilines is 1. The van der Waals surface area contributed by atoms with E-state index in [-0.39, 0.29) is 24.1 Å². The van der Waals surface area contributed by atoms with Crippen molar-refractivity contribution in [2.75, 3.05) is 38.2 Å². The topological polar surface area (TPSA) is 45.7 Å². The molecular weight excluding hydrogens is 448 g/mol. The summed E-state index contributed by atoms with van der Waals surface area (Å²) in [6.07, 6.45) is 0. The molecule has 1 heterocycles. The first-order valence-electron chi connectivity index (χ1n) is 9.41. The van der Waals surface area contributed by atoms with E-state index in [0.717, 1.165) is 17.8 Å². The maximum Gasteiger partial charge on any atom is 0.260 e. The van der Waals surface area contributed by atoms with Crippen molar-refractivity contribution in [2.45, 2.75) is 13.8 Å². The summed E-state index contributed by atoms with van der Waals surface area (Å²) in [4.78, 5) is 21.8. The smallest absolute Gasteiger partial charge is 0.260 e. The highest BCUT2D eigenvalue weighted by atomic mass is 35.5. The number of hydrogen-bond donors (Lipinski definition) is 0. The van der Waals surface area contributed by atoms with Crippen molar-refractivity contribution in [3.63, 3.8) is 0 Å². The summed E-state index contributed by atoms with van der Waals surface area (Å²) in [6.45, 7) is 7.08. The number of benzene rings is 2. The van der Waals surface area contributed by atoms with Crippen molar-refractivity contribution in [2.24, 2.45) is 0 Å². The molecule has 0 N–H and O–H groups in total. The monoisotopic (exact) mass is 471 g/mol. The molecule has 0 bridgehead atoms. The molecule has 0 fully saturated rings. The lowest BCUT2D eigenvalue weighted by atomic mass is 10.2. The molecule has 0 radical (unpaired) electrons. The predicted octanol–water partition coefficient (Wildman–Crippen LogP) is 5.51. The minimum Gasteiger partial charge on any atom is -0.494 e. The van der Waals surface area contributed by atoms with Gasteiger partial charge in [0.15, 0.2) is 5.13 Å². The third kappa shape index (κ3) is 5.21. The van der Waals surface area contributed by atoms with Crippen LogP contribution in [0.2, 0.25) is 5.02 Å². The van der Waals surface area contributed by atoms with Crippen LogP contribution in [-0.4, -0.2) is 49.1 Å². The van der Waals surface area contributed by atoms with Gasteiger partial charge in [0.25, 0.3) is 5.91 Å². The van der Waals surface area contributed by atoms with Crippen molar-refractivity contribution in [3.8, 4) is 5.75 Å². The molecule has 3 rings (SSSR count). The fraction of sp³-hybridized carbons (Fsp3) is 0.333. The standard InChI is InChI=1S/C21H23ClFN3O2S.ClH/c1-4-25(5-2)12-13-26(20(27)14-6-8-15(23)9-7-14)21-24-18-17(28-3)11-10-16(22)19(18)29-21;/h6-11H,4-5,12-13H2,1-3H3;1H. The molecule has 0 saturated heterocycles. The van der Waals surface area contributed by atoms with Crippen molar-refractivity contribution in [1.82, 2.24) is 9.88 Å². The molecule has 0 aliphatic rings. The first-order valence-corrected chi connectivity index (χ1v) is 10.6. The molecule has 2 aromatic carbocycles. The zero-order valence-electron chi connectivity index (χ0n) is 17.0. The summed E-state index contributed by atoms with van der Waals surface area (Å²) in [5, 5.41) is 1.09. The lowest BCUT2D eigenvalue weighted by molar-refractivity contribution is 0.0983. The number of halogens is 3. The average Bonchev–Trinajstić information content (AvgIpc) is 3.18. The molecular formula is C21H24Cl2FN3O2S. The third-order valence-electron chi connectivity index (χ3n) is 4.77. The zero-order valence-corrected chi connectivity index (χ0v) is 19.4. The predicted molar refractivity (Wildman–Crippen MR) is 124 cm³/mol. The summed E-state index contributed by atoms with van der Waals surface area (Å²) in [5.41, 5.74) is 1.03. The van der Waals surface area contributed by atoms with Gasteiger partial charge in [-0.1, -0.05) is 36.8 Å². The largest absolute Gasteiger partial charge is 0.494 e. The maximum absolute atomic E-state index is 13.3. The summed E-state index contributed by atoms with van der Waals surface area (Å²) >= 11 is 7.70. The highest BCUT2D eigenvalue weighted by Gasteiger charge is 2.23. The van der Waals surface area contributed by atoms with Crippen LogP contribution in [0.4, 0.5) is 9.52 Å². The Morgan fingerprint density at radius 3 is 2.40 bits per heavy atom. The molecule has 0 aliphatic heterocycles. The molecule has 1 amide bonds. The van der Waals surface area contributed by atoms with E-state index in [1.807, 2.05) is 0 Å². The van der Waals surface area contributed by atoms with Gasteiger partial charge in [-0.05, 0) is 49.5 Å². The van der Waals surface area contributed by atoms with Gasteiger partial charge in [0, 0.05) is 18.7 Å². The van der Waals surface area contributed by atoms with Gasteiger partial charge < -0.3 is 9.64 Å². The van der Waals surface area contributed by atoms with Crippen molar-refractivity contribution < 1.29 is 13.9 Å². The minimum atomic E-state index is -0.382. The molecule has 1 aromatic heterocycles. The van der Waals surface area contributed by atoms with Crippen LogP contribution in [0.15, 0.2) is 36.4 Å². The van der Waals surface area contributed by atoms with Crippen LogP contribution in [0.5, 0.6) is 5.75 Å². The molecule has 0 spiro atoms. The highest BCUT2D eigenvalue weighted by molar-refractivity contribution is 7.23. The van der Waals surface area contributed by atoms with Gasteiger partial charge in [0.1, 0.15) is 17.1 Å². The second-order valence-corrected chi connectivity index (χ2v) is 7.80. The van der Waals surface area contributed by atoms with Gasteiger partial charge in [-0.15, -0.1) is 12.4 Å². The van der Waals surface area contributed by atoms with Gasteiger partial charge in [0.05, 0.1) is 16.8 Å². The van der Waals surface area contributed by atoms with Crippen molar-refractivity contribution in [1.29, 1.82) is 0 Å². The number of ether oxygens (including phenoxy) is 1. The number of thiazole rings is 1. The average molecular weight is 472 g/mol. The fourth-order valence-electron chi connectivity index (χ4n) is 3.03. The van der Waals surface area contributed by atoms with E-state index in [2.05, 4.69) is 23.7 Å². The Morgan fingerprint density at radius 2 is 1.80 bits per heavy atom. The van der Waals surface area contributed by atoms with E-state index in [4.69, 9.17) is 16.3 Å². The molecule has 9 heteroatoms. The molecule has 0 saturated carbocycles. The second kappa shape index (κ2) is 10.9. The van der Waals surface area contributed by atoms with Gasteiger partial charge in [0.2, 0.25) is 0 Å². The number of methoxy groups -OCH3 is 1. The number of rotatable bonds is 8. The van der Waals surface area contributed by atoms with E-state index < -0.39 is 0 Å². The lowest BCUT2D eigenvalue weighted by Crippen LogP contribution is -2.38. The molecule has 0 unspecified atom stereocenters. The van der Waals surface area contributed by atoms with Crippen LogP contribution >= 0.6 is 35.3 Å². The first kappa shape index (κ1) is 24.3. The van der Waals surface area contributed by atoms with Crippen LogP contribution < -0.4 is 9.64 Å². The van der Waals surface area contributed by atoms with E-state index in [1.165, 1.54) is 35.6 Å². The van der Waals surface area contributed by atoms with E-state index in [1.54, 1.807) is 24.1 Å².